The van der Waals surface area contributed by atoms with E-state index < -0.39 is 0 Å². The lowest BCUT2D eigenvalue weighted by molar-refractivity contribution is 1.18. The maximum Gasteiger partial charge on any atom is 0.160 e. The van der Waals surface area contributed by atoms with Crippen LogP contribution in [0, 0.1) is 0 Å². The van der Waals surface area contributed by atoms with Gasteiger partial charge in [0, 0.05) is 16.7 Å². The van der Waals surface area contributed by atoms with E-state index in [-0.39, 0.29) is 0 Å². The van der Waals surface area contributed by atoms with Crippen molar-refractivity contribution in [3.05, 3.63) is 170 Å². The molecule has 0 amide bonds. The van der Waals surface area contributed by atoms with Crippen LogP contribution < -0.4 is 0 Å². The molecule has 0 aliphatic rings. The summed E-state index contributed by atoms with van der Waals surface area (Å²) in [6, 6.07) is 59.2. The molecule has 1 aromatic heterocycles. The molecular weight excluding hydrogens is 508 g/mol. The first-order chi connectivity index (χ1) is 20.8. The van der Waals surface area contributed by atoms with E-state index in [1.165, 1.54) is 16.7 Å². The van der Waals surface area contributed by atoms with Crippen LogP contribution >= 0.6 is 0 Å². The smallest absolute Gasteiger partial charge is 0.160 e. The standard InChI is InChI=1S/C40H28N2/c1-4-13-29(14-5-1)32-19-10-22-35(25-32)38-28-39(36-23-11-20-33(26-36)30-15-6-2-7-16-30)42-40(41-38)37-24-12-21-34(27-37)31-17-8-3-9-18-31/h1-28H. The van der Waals surface area contributed by atoms with Crippen LogP contribution in [-0.2, 0) is 0 Å². The molecule has 2 nitrogen and oxygen atoms in total. The zero-order valence-electron chi connectivity index (χ0n) is 23.1. The summed E-state index contributed by atoms with van der Waals surface area (Å²) in [7, 11) is 0. The molecule has 0 atom stereocenters. The van der Waals surface area contributed by atoms with Gasteiger partial charge in [0.25, 0.3) is 0 Å². The summed E-state index contributed by atoms with van der Waals surface area (Å²) in [6.07, 6.45) is 0. The third-order valence-electron chi connectivity index (χ3n) is 7.48. The third kappa shape index (κ3) is 5.39. The Labute approximate surface area is 246 Å². The Kier molecular flexibility index (Phi) is 6.94. The van der Waals surface area contributed by atoms with Gasteiger partial charge in [-0.25, -0.2) is 9.97 Å². The molecule has 0 bridgehead atoms. The van der Waals surface area contributed by atoms with Crippen molar-refractivity contribution in [1.82, 2.24) is 9.97 Å². The summed E-state index contributed by atoms with van der Waals surface area (Å²) in [4.78, 5) is 10.3. The van der Waals surface area contributed by atoms with Gasteiger partial charge < -0.3 is 0 Å². The molecule has 0 unspecified atom stereocenters. The van der Waals surface area contributed by atoms with E-state index in [1.807, 2.05) is 18.2 Å². The Morgan fingerprint density at radius 1 is 0.238 bits per heavy atom. The van der Waals surface area contributed by atoms with Crippen molar-refractivity contribution in [3.63, 3.8) is 0 Å². The monoisotopic (exact) mass is 536 g/mol. The maximum atomic E-state index is 5.14. The zero-order chi connectivity index (χ0) is 28.1. The average molecular weight is 537 g/mol. The van der Waals surface area contributed by atoms with Gasteiger partial charge in [0.05, 0.1) is 11.4 Å². The van der Waals surface area contributed by atoms with Crippen LogP contribution in [0.15, 0.2) is 170 Å². The van der Waals surface area contributed by atoms with E-state index in [1.54, 1.807) is 0 Å². The lowest BCUT2D eigenvalue weighted by Crippen LogP contribution is -1.96. The molecule has 42 heavy (non-hydrogen) atoms. The van der Waals surface area contributed by atoms with Crippen molar-refractivity contribution in [2.45, 2.75) is 0 Å². The summed E-state index contributed by atoms with van der Waals surface area (Å²) >= 11 is 0. The first-order valence-electron chi connectivity index (χ1n) is 14.2. The molecule has 198 valence electrons. The lowest BCUT2D eigenvalue weighted by atomic mass is 9.99. The largest absolute Gasteiger partial charge is 0.228 e. The first-order valence-corrected chi connectivity index (χ1v) is 14.2. The van der Waals surface area contributed by atoms with E-state index in [4.69, 9.17) is 9.97 Å². The number of nitrogens with zero attached hydrogens (tertiary/aromatic N) is 2. The minimum absolute atomic E-state index is 0.704. The molecular formula is C40H28N2. The Bertz CT molecular complexity index is 1720. The molecule has 0 saturated carbocycles. The fourth-order valence-electron chi connectivity index (χ4n) is 5.32. The minimum atomic E-state index is 0.704. The van der Waals surface area contributed by atoms with Gasteiger partial charge in [0.1, 0.15) is 0 Å². The molecule has 1 heterocycles. The highest BCUT2D eigenvalue weighted by Crippen LogP contribution is 2.33. The SMILES string of the molecule is c1ccc(-c2cccc(-c3cc(-c4cccc(-c5ccccc5)c4)nc(-c4cccc(-c5ccccc5)c4)n3)c2)cc1. The highest BCUT2D eigenvalue weighted by molar-refractivity contribution is 5.78. The molecule has 6 aromatic carbocycles. The van der Waals surface area contributed by atoms with Crippen molar-refractivity contribution in [2.75, 3.05) is 0 Å². The zero-order valence-corrected chi connectivity index (χ0v) is 23.1. The van der Waals surface area contributed by atoms with Crippen LogP contribution in [0.2, 0.25) is 0 Å². The molecule has 7 rings (SSSR count). The summed E-state index contributed by atoms with van der Waals surface area (Å²) in [5.41, 5.74) is 11.9. The second kappa shape index (κ2) is 11.5. The average Bonchev–Trinajstić information content (AvgIpc) is 3.09. The number of hydrogen-bond acceptors (Lipinski definition) is 2. The fraction of sp³-hybridized carbons (Fsp3) is 0. The van der Waals surface area contributed by atoms with Crippen molar-refractivity contribution < 1.29 is 0 Å². The first kappa shape index (κ1) is 25.4. The van der Waals surface area contributed by atoms with Crippen LogP contribution in [0.25, 0.3) is 67.3 Å². The summed E-state index contributed by atoms with van der Waals surface area (Å²) < 4.78 is 0. The quantitative estimate of drug-likeness (QED) is 0.211. The summed E-state index contributed by atoms with van der Waals surface area (Å²) in [5.74, 6) is 0.704. The van der Waals surface area contributed by atoms with Crippen LogP contribution in [0.5, 0.6) is 0 Å². The van der Waals surface area contributed by atoms with Gasteiger partial charge in [-0.15, -0.1) is 0 Å². The fourth-order valence-corrected chi connectivity index (χ4v) is 5.32. The van der Waals surface area contributed by atoms with Gasteiger partial charge in [0.2, 0.25) is 0 Å². The molecule has 0 fully saturated rings. The van der Waals surface area contributed by atoms with Crippen molar-refractivity contribution in [1.29, 1.82) is 0 Å². The Balaban J connectivity index is 1.38. The molecule has 2 heteroatoms. The minimum Gasteiger partial charge on any atom is -0.228 e. The van der Waals surface area contributed by atoms with Gasteiger partial charge in [0.15, 0.2) is 5.82 Å². The van der Waals surface area contributed by atoms with E-state index in [2.05, 4.69) is 152 Å². The van der Waals surface area contributed by atoms with Gasteiger partial charge in [-0.1, -0.05) is 146 Å². The second-order valence-electron chi connectivity index (χ2n) is 10.3. The van der Waals surface area contributed by atoms with Crippen LogP contribution in [-0.4, -0.2) is 9.97 Å². The number of hydrogen-bond donors (Lipinski definition) is 0. The van der Waals surface area contributed by atoms with Crippen LogP contribution in [0.3, 0.4) is 0 Å². The topological polar surface area (TPSA) is 25.8 Å². The number of aromatic nitrogens is 2. The van der Waals surface area contributed by atoms with Crippen molar-refractivity contribution >= 4 is 0 Å². The Morgan fingerprint density at radius 3 is 0.952 bits per heavy atom. The molecule has 0 aliphatic carbocycles. The second-order valence-corrected chi connectivity index (χ2v) is 10.3. The molecule has 0 aliphatic heterocycles. The van der Waals surface area contributed by atoms with Crippen LogP contribution in [0.1, 0.15) is 0 Å². The van der Waals surface area contributed by atoms with E-state index in [0.717, 1.165) is 44.8 Å². The van der Waals surface area contributed by atoms with E-state index in [9.17, 15) is 0 Å². The Morgan fingerprint density at radius 2 is 0.548 bits per heavy atom. The third-order valence-corrected chi connectivity index (χ3v) is 7.48. The lowest BCUT2D eigenvalue weighted by Gasteiger charge is -2.12. The summed E-state index contributed by atoms with van der Waals surface area (Å²) in [6.45, 7) is 0. The van der Waals surface area contributed by atoms with E-state index >= 15 is 0 Å². The van der Waals surface area contributed by atoms with Gasteiger partial charge in [-0.05, 0) is 57.6 Å². The van der Waals surface area contributed by atoms with Crippen molar-refractivity contribution in [2.24, 2.45) is 0 Å². The number of rotatable bonds is 6. The van der Waals surface area contributed by atoms with Crippen LogP contribution in [0.4, 0.5) is 0 Å². The predicted molar refractivity (Wildman–Crippen MR) is 175 cm³/mol. The Hall–Kier alpha value is -5.60. The van der Waals surface area contributed by atoms with Gasteiger partial charge in [-0.3, -0.25) is 0 Å². The van der Waals surface area contributed by atoms with Gasteiger partial charge >= 0.3 is 0 Å². The maximum absolute atomic E-state index is 5.14. The predicted octanol–water partition coefficient (Wildman–Crippen LogP) is 10.5. The normalized spacial score (nSPS) is 10.9. The molecule has 0 N–H and O–H groups in total. The summed E-state index contributed by atoms with van der Waals surface area (Å²) in [5, 5.41) is 0. The molecule has 0 saturated heterocycles. The van der Waals surface area contributed by atoms with Crippen molar-refractivity contribution in [3.8, 4) is 67.3 Å². The van der Waals surface area contributed by atoms with Gasteiger partial charge in [-0.2, -0.15) is 0 Å². The highest BCUT2D eigenvalue weighted by Gasteiger charge is 2.13. The molecule has 0 spiro atoms. The molecule has 0 radical (unpaired) electrons. The van der Waals surface area contributed by atoms with E-state index in [0.29, 0.717) is 5.82 Å². The number of benzene rings is 6. The highest BCUT2D eigenvalue weighted by atomic mass is 14.9. The molecule has 7 aromatic rings.